The minimum Gasteiger partial charge on any atom is -0.379 e. The third-order valence-corrected chi connectivity index (χ3v) is 4.88. The Morgan fingerprint density at radius 3 is 2.83 bits per heavy atom. The Balaban J connectivity index is 1.94. The van der Waals surface area contributed by atoms with Crippen molar-refractivity contribution in [1.82, 2.24) is 9.88 Å². The predicted octanol–water partition coefficient (Wildman–Crippen LogP) is 3.92. The fourth-order valence-corrected chi connectivity index (χ4v) is 3.64. The van der Waals surface area contributed by atoms with Crippen LogP contribution in [0.4, 0.5) is 23.2 Å². The number of nitrogens with one attached hydrogen (secondary N) is 2. The molecular weight excluding hydrogens is 425 g/mol. The zero-order valence-corrected chi connectivity index (χ0v) is 14.3. The summed E-state index contributed by atoms with van der Waals surface area (Å²) in [5.41, 5.74) is 1.18. The van der Waals surface area contributed by atoms with Crippen LogP contribution in [0.2, 0.25) is 0 Å². The molecule has 8 heteroatoms. The molecule has 23 heavy (non-hydrogen) atoms. The van der Waals surface area contributed by atoms with Crippen molar-refractivity contribution in [3.05, 3.63) is 28.0 Å². The fourth-order valence-electron chi connectivity index (χ4n) is 2.90. The highest BCUT2D eigenvalue weighted by atomic mass is 127. The molecule has 126 valence electrons. The minimum atomic E-state index is -4.28. The van der Waals surface area contributed by atoms with E-state index in [4.69, 9.17) is 0 Å². The van der Waals surface area contributed by atoms with Gasteiger partial charge in [0.25, 0.3) is 0 Å². The number of anilines is 1. The molecule has 0 unspecified atom stereocenters. The van der Waals surface area contributed by atoms with Gasteiger partial charge in [0.15, 0.2) is 0 Å². The number of aromatic nitrogens is 1. The lowest BCUT2D eigenvalue weighted by molar-refractivity contribution is -0.140. The highest BCUT2D eigenvalue weighted by Gasteiger charge is 2.30. The molecule has 1 saturated heterocycles. The van der Waals surface area contributed by atoms with Crippen LogP contribution < -0.4 is 10.6 Å². The Hall–Kier alpha value is -1.03. The Labute approximate surface area is 144 Å². The van der Waals surface area contributed by atoms with Gasteiger partial charge in [-0.15, -0.1) is 0 Å². The first-order valence-corrected chi connectivity index (χ1v) is 8.39. The molecule has 0 spiro atoms. The third kappa shape index (κ3) is 3.73. The standard InChI is InChI=1S/C15H16F4IN3/c16-10-7-21-5-4-12(10)22-11-2-1-3-13-9(11)6-14(20)23(13)8-15(17,18)19/h1-3,6,10,12,21-22H,4-5,7-8H2/t10-,12+/m0/s1. The number of halogens is 5. The molecule has 2 N–H and O–H groups in total. The van der Waals surface area contributed by atoms with Crippen LogP contribution in [0.15, 0.2) is 24.3 Å². The first-order chi connectivity index (χ1) is 10.8. The first-order valence-electron chi connectivity index (χ1n) is 7.31. The van der Waals surface area contributed by atoms with E-state index in [0.29, 0.717) is 33.3 Å². The van der Waals surface area contributed by atoms with Gasteiger partial charge >= 0.3 is 6.18 Å². The van der Waals surface area contributed by atoms with Gasteiger partial charge in [-0.2, -0.15) is 13.2 Å². The summed E-state index contributed by atoms with van der Waals surface area (Å²) in [6.45, 7) is -0.0156. The molecule has 2 aromatic rings. The number of alkyl halides is 4. The summed E-state index contributed by atoms with van der Waals surface area (Å²) in [5.74, 6) is 0. The summed E-state index contributed by atoms with van der Waals surface area (Å²) in [5, 5.41) is 6.83. The lowest BCUT2D eigenvalue weighted by Gasteiger charge is -2.28. The average molecular weight is 441 g/mol. The monoisotopic (exact) mass is 441 g/mol. The van der Waals surface area contributed by atoms with Crippen LogP contribution in [-0.4, -0.2) is 36.0 Å². The molecule has 3 rings (SSSR count). The van der Waals surface area contributed by atoms with Crippen molar-refractivity contribution in [2.24, 2.45) is 0 Å². The largest absolute Gasteiger partial charge is 0.406 e. The first kappa shape index (κ1) is 16.8. The molecule has 0 saturated carbocycles. The zero-order chi connectivity index (χ0) is 16.6. The van der Waals surface area contributed by atoms with Gasteiger partial charge in [-0.05, 0) is 53.8 Å². The molecule has 0 bridgehead atoms. The Kier molecular flexibility index (Phi) is 4.73. The lowest BCUT2D eigenvalue weighted by Crippen LogP contribution is -2.45. The van der Waals surface area contributed by atoms with Crippen LogP contribution in [0.5, 0.6) is 0 Å². The van der Waals surface area contributed by atoms with Crippen LogP contribution in [-0.2, 0) is 6.54 Å². The maximum atomic E-state index is 14.0. The third-order valence-electron chi connectivity index (χ3n) is 3.98. The highest BCUT2D eigenvalue weighted by Crippen LogP contribution is 2.31. The van der Waals surface area contributed by atoms with Gasteiger partial charge in [0.2, 0.25) is 0 Å². The van der Waals surface area contributed by atoms with E-state index in [1.54, 1.807) is 24.3 Å². The average Bonchev–Trinajstić information content (AvgIpc) is 2.77. The molecule has 1 aromatic heterocycles. The molecule has 1 fully saturated rings. The Morgan fingerprint density at radius 1 is 1.35 bits per heavy atom. The van der Waals surface area contributed by atoms with Crippen molar-refractivity contribution >= 4 is 39.2 Å². The number of piperidine rings is 1. The fraction of sp³-hybridized carbons (Fsp3) is 0.467. The van der Waals surface area contributed by atoms with E-state index in [9.17, 15) is 17.6 Å². The van der Waals surface area contributed by atoms with E-state index in [2.05, 4.69) is 10.6 Å². The second kappa shape index (κ2) is 6.46. The van der Waals surface area contributed by atoms with E-state index in [1.165, 1.54) is 4.57 Å². The molecule has 3 nitrogen and oxygen atoms in total. The summed E-state index contributed by atoms with van der Waals surface area (Å²) < 4.78 is 54.0. The van der Waals surface area contributed by atoms with Crippen LogP contribution >= 0.6 is 22.6 Å². The van der Waals surface area contributed by atoms with Gasteiger partial charge in [0.1, 0.15) is 12.7 Å². The molecule has 1 aromatic carbocycles. The maximum absolute atomic E-state index is 14.0. The highest BCUT2D eigenvalue weighted by molar-refractivity contribution is 14.1. The molecule has 0 aliphatic carbocycles. The quantitative estimate of drug-likeness (QED) is 0.559. The van der Waals surface area contributed by atoms with Gasteiger partial charge in [0.05, 0.1) is 15.3 Å². The number of fused-ring (bicyclic) bond motifs is 1. The van der Waals surface area contributed by atoms with Gasteiger partial charge in [-0.1, -0.05) is 6.07 Å². The summed E-state index contributed by atoms with van der Waals surface area (Å²) in [7, 11) is 0. The van der Waals surface area contributed by atoms with Gasteiger partial charge in [-0.25, -0.2) is 4.39 Å². The van der Waals surface area contributed by atoms with E-state index in [-0.39, 0.29) is 6.04 Å². The molecule has 2 atom stereocenters. The van der Waals surface area contributed by atoms with Crippen LogP contribution in [0.25, 0.3) is 10.9 Å². The second-order valence-corrected chi connectivity index (χ2v) is 6.77. The second-order valence-electron chi connectivity index (χ2n) is 5.67. The minimum absolute atomic E-state index is 0.292. The number of benzene rings is 1. The van der Waals surface area contributed by atoms with Crippen molar-refractivity contribution in [2.45, 2.75) is 31.4 Å². The summed E-state index contributed by atoms with van der Waals surface area (Å²) in [4.78, 5) is 0. The molecule has 1 aliphatic heterocycles. The molecule has 1 aliphatic rings. The van der Waals surface area contributed by atoms with Crippen molar-refractivity contribution in [3.8, 4) is 0 Å². The van der Waals surface area contributed by atoms with E-state index in [0.717, 1.165) is 6.54 Å². The van der Waals surface area contributed by atoms with E-state index < -0.39 is 18.9 Å². The number of nitrogens with zero attached hydrogens (tertiary/aromatic N) is 1. The number of hydrogen-bond acceptors (Lipinski definition) is 2. The molecular formula is C15H16F4IN3. The lowest BCUT2D eigenvalue weighted by atomic mass is 10.0. The van der Waals surface area contributed by atoms with Crippen LogP contribution in [0.3, 0.4) is 0 Å². The molecule has 0 amide bonds. The van der Waals surface area contributed by atoms with Crippen molar-refractivity contribution in [1.29, 1.82) is 0 Å². The van der Waals surface area contributed by atoms with Crippen molar-refractivity contribution in [2.75, 3.05) is 18.4 Å². The topological polar surface area (TPSA) is 29.0 Å². The van der Waals surface area contributed by atoms with E-state index >= 15 is 0 Å². The van der Waals surface area contributed by atoms with Gasteiger partial charge in [-0.3, -0.25) is 0 Å². The molecule has 0 radical (unpaired) electrons. The summed E-state index contributed by atoms with van der Waals surface area (Å²) >= 11 is 1.90. The number of hydrogen-bond donors (Lipinski definition) is 2. The predicted molar refractivity (Wildman–Crippen MR) is 90.5 cm³/mol. The SMILES string of the molecule is F[C@H]1CNCC[C@H]1Nc1cccc2c1cc(I)n2CC(F)(F)F. The zero-order valence-electron chi connectivity index (χ0n) is 12.1. The summed E-state index contributed by atoms with van der Waals surface area (Å²) in [6, 6.07) is 6.51. The molecule has 2 heterocycles. The van der Waals surface area contributed by atoms with E-state index in [1.807, 2.05) is 22.6 Å². The normalized spacial score (nSPS) is 22.5. The number of rotatable bonds is 3. The Bertz CT molecular complexity index is 698. The van der Waals surface area contributed by atoms with Crippen LogP contribution in [0, 0.1) is 3.70 Å². The van der Waals surface area contributed by atoms with Crippen LogP contribution in [0.1, 0.15) is 6.42 Å². The smallest absolute Gasteiger partial charge is 0.379 e. The van der Waals surface area contributed by atoms with Gasteiger partial charge < -0.3 is 15.2 Å². The van der Waals surface area contributed by atoms with Crippen molar-refractivity contribution < 1.29 is 17.6 Å². The van der Waals surface area contributed by atoms with Crippen molar-refractivity contribution in [3.63, 3.8) is 0 Å². The summed E-state index contributed by atoms with van der Waals surface area (Å²) in [6.07, 6.45) is -4.66. The Morgan fingerprint density at radius 2 is 2.13 bits per heavy atom. The maximum Gasteiger partial charge on any atom is 0.406 e. The van der Waals surface area contributed by atoms with Gasteiger partial charge in [0, 0.05) is 17.6 Å².